The van der Waals surface area contributed by atoms with E-state index in [1.54, 1.807) is 0 Å². The first kappa shape index (κ1) is 10.3. The van der Waals surface area contributed by atoms with Crippen molar-refractivity contribution < 1.29 is 4.79 Å². The van der Waals surface area contributed by atoms with E-state index in [0.717, 1.165) is 19.3 Å². The highest BCUT2D eigenvalue weighted by molar-refractivity contribution is 6.26. The maximum Gasteiger partial charge on any atom is 0.163 e. The largest absolute Gasteiger partial charge is 0.302 e. The first-order valence-electron chi connectivity index (χ1n) is 4.27. The van der Waals surface area contributed by atoms with Crippen LogP contribution in [0.3, 0.4) is 0 Å². The van der Waals surface area contributed by atoms with E-state index in [1.165, 1.54) is 0 Å². The summed E-state index contributed by atoms with van der Waals surface area (Å²) in [7, 11) is 0. The molecule has 0 aliphatic carbocycles. The van der Waals surface area contributed by atoms with Gasteiger partial charge in [0.15, 0.2) is 6.29 Å². The average Bonchev–Trinajstić information content (AvgIpc) is 2.03. The van der Waals surface area contributed by atoms with Gasteiger partial charge >= 0.3 is 0 Å². The Hall–Kier alpha value is -0.660. The van der Waals surface area contributed by atoms with Crippen LogP contribution in [-0.2, 0) is 4.79 Å². The van der Waals surface area contributed by atoms with E-state index >= 15 is 0 Å². The van der Waals surface area contributed by atoms with E-state index in [-0.39, 0.29) is 5.71 Å². The van der Waals surface area contributed by atoms with E-state index < -0.39 is 0 Å². The molecule has 1 atom stereocenters. The predicted octanol–water partition coefficient (Wildman–Crippen LogP) is 2.42. The molecule has 0 radical (unpaired) electrons. The van der Waals surface area contributed by atoms with Crippen LogP contribution in [0.1, 0.15) is 39.5 Å². The molecule has 0 heterocycles. The van der Waals surface area contributed by atoms with Gasteiger partial charge in [0.1, 0.15) is 0 Å². The molecule has 0 saturated heterocycles. The topological polar surface area (TPSA) is 40.9 Å². The van der Waals surface area contributed by atoms with Crippen molar-refractivity contribution in [3.8, 4) is 0 Å². The molecule has 2 heteroatoms. The number of nitrogens with one attached hydrogen (secondary N) is 1. The molecular weight excluding hydrogens is 138 g/mol. The molecule has 11 heavy (non-hydrogen) atoms. The van der Waals surface area contributed by atoms with E-state index in [9.17, 15) is 4.79 Å². The SMILES string of the molecule is CCCC(CC)CC(=N)C=O. The number of aldehydes is 1. The first-order chi connectivity index (χ1) is 5.24. The summed E-state index contributed by atoms with van der Waals surface area (Å²) in [6, 6.07) is 0. The van der Waals surface area contributed by atoms with Crippen molar-refractivity contribution >= 4 is 12.0 Å². The Morgan fingerprint density at radius 1 is 1.55 bits per heavy atom. The standard InChI is InChI=1S/C9H17NO/c1-3-5-8(4-2)6-9(10)7-11/h7-8,10H,3-6H2,1-2H3. The molecule has 0 aromatic carbocycles. The van der Waals surface area contributed by atoms with Crippen molar-refractivity contribution in [3.05, 3.63) is 0 Å². The molecule has 0 fully saturated rings. The third-order valence-electron chi connectivity index (χ3n) is 1.93. The van der Waals surface area contributed by atoms with Crippen LogP contribution in [0.5, 0.6) is 0 Å². The second kappa shape index (κ2) is 6.08. The van der Waals surface area contributed by atoms with Gasteiger partial charge in [0.25, 0.3) is 0 Å². The van der Waals surface area contributed by atoms with Crippen molar-refractivity contribution in [2.45, 2.75) is 39.5 Å². The van der Waals surface area contributed by atoms with Crippen molar-refractivity contribution in [2.75, 3.05) is 0 Å². The Kier molecular flexibility index (Phi) is 5.71. The zero-order valence-electron chi connectivity index (χ0n) is 7.39. The molecule has 1 unspecified atom stereocenters. The third kappa shape index (κ3) is 4.71. The predicted molar refractivity (Wildman–Crippen MR) is 47.1 cm³/mol. The second-order valence-corrected chi connectivity index (χ2v) is 2.91. The lowest BCUT2D eigenvalue weighted by molar-refractivity contribution is -0.102. The van der Waals surface area contributed by atoms with Gasteiger partial charge < -0.3 is 5.41 Å². The molecule has 0 aromatic rings. The number of carbonyl (C=O) groups is 1. The van der Waals surface area contributed by atoms with Crippen LogP contribution in [-0.4, -0.2) is 12.0 Å². The number of rotatable bonds is 6. The lowest BCUT2D eigenvalue weighted by atomic mass is 9.95. The third-order valence-corrected chi connectivity index (χ3v) is 1.93. The average molecular weight is 155 g/mol. The minimum atomic E-state index is 0.241. The van der Waals surface area contributed by atoms with Gasteiger partial charge in [-0.25, -0.2) is 0 Å². The van der Waals surface area contributed by atoms with Crippen LogP contribution in [0.4, 0.5) is 0 Å². The highest BCUT2D eigenvalue weighted by Gasteiger charge is 2.06. The van der Waals surface area contributed by atoms with Gasteiger partial charge in [-0.1, -0.05) is 33.1 Å². The molecule has 0 rings (SSSR count). The van der Waals surface area contributed by atoms with Gasteiger partial charge in [-0.05, 0) is 12.3 Å². The van der Waals surface area contributed by atoms with Crippen LogP contribution >= 0.6 is 0 Å². The fourth-order valence-corrected chi connectivity index (χ4v) is 1.22. The van der Waals surface area contributed by atoms with Gasteiger partial charge in [-0.15, -0.1) is 0 Å². The summed E-state index contributed by atoms with van der Waals surface area (Å²) in [5, 5.41) is 7.18. The normalized spacial score (nSPS) is 12.5. The Morgan fingerprint density at radius 2 is 2.18 bits per heavy atom. The molecule has 0 amide bonds. The minimum Gasteiger partial charge on any atom is -0.302 e. The molecule has 64 valence electrons. The van der Waals surface area contributed by atoms with E-state index in [4.69, 9.17) is 5.41 Å². The zero-order chi connectivity index (χ0) is 8.69. The van der Waals surface area contributed by atoms with E-state index in [2.05, 4.69) is 13.8 Å². The van der Waals surface area contributed by atoms with E-state index in [1.807, 2.05) is 0 Å². The van der Waals surface area contributed by atoms with Gasteiger partial charge in [0.05, 0.1) is 5.71 Å². The van der Waals surface area contributed by atoms with Crippen molar-refractivity contribution in [3.63, 3.8) is 0 Å². The van der Waals surface area contributed by atoms with Crippen LogP contribution in [0.2, 0.25) is 0 Å². The van der Waals surface area contributed by atoms with Gasteiger partial charge in [-0.2, -0.15) is 0 Å². The fourth-order valence-electron chi connectivity index (χ4n) is 1.22. The summed E-state index contributed by atoms with van der Waals surface area (Å²) in [6.07, 6.45) is 4.66. The Bertz CT molecular complexity index is 132. The fraction of sp³-hybridized carbons (Fsp3) is 0.778. The summed E-state index contributed by atoms with van der Waals surface area (Å²) >= 11 is 0. The molecule has 2 nitrogen and oxygen atoms in total. The lowest BCUT2D eigenvalue weighted by Gasteiger charge is -2.10. The summed E-state index contributed by atoms with van der Waals surface area (Å²) < 4.78 is 0. The Balaban J connectivity index is 3.67. The summed E-state index contributed by atoms with van der Waals surface area (Å²) in [6.45, 7) is 4.24. The molecule has 0 bridgehead atoms. The van der Waals surface area contributed by atoms with Crippen LogP contribution in [0, 0.1) is 11.3 Å². The zero-order valence-corrected chi connectivity index (χ0v) is 7.39. The molecule has 0 aliphatic rings. The van der Waals surface area contributed by atoms with Crippen molar-refractivity contribution in [1.29, 1.82) is 5.41 Å². The maximum absolute atomic E-state index is 10.1. The lowest BCUT2D eigenvalue weighted by Crippen LogP contribution is -2.07. The number of hydrogen-bond donors (Lipinski definition) is 1. The summed E-state index contributed by atoms with van der Waals surface area (Å²) in [5.41, 5.74) is 0.241. The quantitative estimate of drug-likeness (QED) is 0.464. The summed E-state index contributed by atoms with van der Waals surface area (Å²) in [5.74, 6) is 0.540. The van der Waals surface area contributed by atoms with Gasteiger partial charge in [0, 0.05) is 0 Å². The number of hydrogen-bond acceptors (Lipinski definition) is 2. The molecule has 0 saturated carbocycles. The highest BCUT2D eigenvalue weighted by atomic mass is 16.1. The number of carbonyl (C=O) groups excluding carboxylic acids is 1. The van der Waals surface area contributed by atoms with E-state index in [0.29, 0.717) is 18.6 Å². The second-order valence-electron chi connectivity index (χ2n) is 2.91. The highest BCUT2D eigenvalue weighted by Crippen LogP contribution is 2.14. The molecule has 0 spiro atoms. The molecule has 0 aliphatic heterocycles. The molecular formula is C9H17NO. The van der Waals surface area contributed by atoms with Crippen molar-refractivity contribution in [2.24, 2.45) is 5.92 Å². The van der Waals surface area contributed by atoms with Gasteiger partial charge in [0.2, 0.25) is 0 Å². The maximum atomic E-state index is 10.1. The smallest absolute Gasteiger partial charge is 0.163 e. The minimum absolute atomic E-state index is 0.241. The van der Waals surface area contributed by atoms with Gasteiger partial charge in [-0.3, -0.25) is 4.79 Å². The van der Waals surface area contributed by atoms with Crippen LogP contribution < -0.4 is 0 Å². The Morgan fingerprint density at radius 3 is 2.55 bits per heavy atom. The first-order valence-corrected chi connectivity index (χ1v) is 4.27. The van der Waals surface area contributed by atoms with Crippen LogP contribution in [0.25, 0.3) is 0 Å². The Labute approximate surface area is 68.5 Å². The molecule has 0 aromatic heterocycles. The summed E-state index contributed by atoms with van der Waals surface area (Å²) in [4.78, 5) is 10.1. The molecule has 1 N–H and O–H groups in total. The van der Waals surface area contributed by atoms with Crippen molar-refractivity contribution in [1.82, 2.24) is 0 Å². The monoisotopic (exact) mass is 155 g/mol. The van der Waals surface area contributed by atoms with Crippen LogP contribution in [0.15, 0.2) is 0 Å².